The van der Waals surface area contributed by atoms with E-state index in [1.165, 1.54) is 12.0 Å². The van der Waals surface area contributed by atoms with Gasteiger partial charge in [-0.05, 0) is 42.2 Å². The molecule has 0 amide bonds. The maximum Gasteiger partial charge on any atom is 0.0388 e. The highest BCUT2D eigenvalue weighted by Gasteiger charge is 2.32. The van der Waals surface area contributed by atoms with E-state index in [4.69, 9.17) is 0 Å². The summed E-state index contributed by atoms with van der Waals surface area (Å²) < 4.78 is 0. The molecule has 0 fully saturated rings. The van der Waals surface area contributed by atoms with Crippen molar-refractivity contribution in [2.45, 2.75) is 52.0 Å². The molecule has 1 aliphatic rings. The van der Waals surface area contributed by atoms with Crippen LogP contribution in [0.4, 0.5) is 0 Å². The van der Waals surface area contributed by atoms with Gasteiger partial charge in [0.25, 0.3) is 0 Å². The number of nitrogens with one attached hydrogen (secondary N) is 1. The van der Waals surface area contributed by atoms with Crippen LogP contribution in [-0.4, -0.2) is 6.54 Å². The fourth-order valence-corrected chi connectivity index (χ4v) is 3.76. The SMILES string of the molecule is CC(C)(C)c1scc2c1CCNC2(C)C. The van der Waals surface area contributed by atoms with E-state index in [0.29, 0.717) is 5.41 Å². The molecular weight excluding hydrogens is 202 g/mol. The molecule has 1 aromatic heterocycles. The highest BCUT2D eigenvalue weighted by molar-refractivity contribution is 7.10. The van der Waals surface area contributed by atoms with Gasteiger partial charge in [0.05, 0.1) is 0 Å². The lowest BCUT2D eigenvalue weighted by Crippen LogP contribution is -2.42. The Kier molecular flexibility index (Phi) is 2.47. The Balaban J connectivity index is 2.52. The Morgan fingerprint density at radius 2 is 2.00 bits per heavy atom. The van der Waals surface area contributed by atoms with Crippen LogP contribution in [0.25, 0.3) is 0 Å². The summed E-state index contributed by atoms with van der Waals surface area (Å²) in [5.74, 6) is 0. The van der Waals surface area contributed by atoms with E-state index >= 15 is 0 Å². The first-order valence-electron chi connectivity index (χ1n) is 5.69. The number of fused-ring (bicyclic) bond motifs is 1. The van der Waals surface area contributed by atoms with Gasteiger partial charge in [0.2, 0.25) is 0 Å². The second-order valence-corrected chi connectivity index (χ2v) is 6.89. The third-order valence-electron chi connectivity index (χ3n) is 3.19. The molecule has 0 saturated carbocycles. The zero-order chi connectivity index (χ0) is 11.3. The van der Waals surface area contributed by atoms with Gasteiger partial charge in [0.1, 0.15) is 0 Å². The molecule has 0 aliphatic carbocycles. The second-order valence-electron chi connectivity index (χ2n) is 6.01. The lowest BCUT2D eigenvalue weighted by atomic mass is 9.82. The summed E-state index contributed by atoms with van der Waals surface area (Å²) in [6.07, 6.45) is 1.19. The van der Waals surface area contributed by atoms with Crippen molar-refractivity contribution < 1.29 is 0 Å². The van der Waals surface area contributed by atoms with Crippen molar-refractivity contribution in [2.75, 3.05) is 6.54 Å². The Labute approximate surface area is 96.9 Å². The van der Waals surface area contributed by atoms with Crippen LogP contribution < -0.4 is 5.32 Å². The number of rotatable bonds is 0. The van der Waals surface area contributed by atoms with E-state index in [1.807, 2.05) is 11.3 Å². The molecule has 1 aliphatic heterocycles. The van der Waals surface area contributed by atoms with Crippen molar-refractivity contribution in [3.8, 4) is 0 Å². The van der Waals surface area contributed by atoms with Crippen molar-refractivity contribution in [1.29, 1.82) is 0 Å². The maximum absolute atomic E-state index is 3.59. The predicted molar refractivity (Wildman–Crippen MR) is 67.8 cm³/mol. The average molecular weight is 223 g/mol. The molecule has 1 N–H and O–H groups in total. The Bertz CT molecular complexity index is 355. The molecule has 0 spiro atoms. The van der Waals surface area contributed by atoms with Crippen molar-refractivity contribution >= 4 is 11.3 Å². The van der Waals surface area contributed by atoms with Gasteiger partial charge in [-0.1, -0.05) is 20.8 Å². The van der Waals surface area contributed by atoms with E-state index in [-0.39, 0.29) is 5.54 Å². The van der Waals surface area contributed by atoms with Crippen LogP contribution in [0.2, 0.25) is 0 Å². The zero-order valence-electron chi connectivity index (χ0n) is 10.4. The van der Waals surface area contributed by atoms with Crippen molar-refractivity contribution in [3.63, 3.8) is 0 Å². The first-order valence-corrected chi connectivity index (χ1v) is 6.57. The highest BCUT2D eigenvalue weighted by atomic mass is 32.1. The van der Waals surface area contributed by atoms with E-state index in [0.717, 1.165) is 6.54 Å². The molecule has 15 heavy (non-hydrogen) atoms. The van der Waals surface area contributed by atoms with Crippen molar-refractivity contribution in [1.82, 2.24) is 5.32 Å². The lowest BCUT2D eigenvalue weighted by molar-refractivity contribution is 0.381. The number of hydrogen-bond acceptors (Lipinski definition) is 2. The quantitative estimate of drug-likeness (QED) is 0.710. The van der Waals surface area contributed by atoms with Gasteiger partial charge >= 0.3 is 0 Å². The minimum Gasteiger partial charge on any atom is -0.307 e. The summed E-state index contributed by atoms with van der Waals surface area (Å²) in [6.45, 7) is 12.6. The molecule has 2 heterocycles. The van der Waals surface area contributed by atoms with Crippen LogP contribution >= 0.6 is 11.3 Å². The summed E-state index contributed by atoms with van der Waals surface area (Å²) in [7, 11) is 0. The normalized spacial score (nSPS) is 20.1. The van der Waals surface area contributed by atoms with E-state index in [2.05, 4.69) is 45.3 Å². The van der Waals surface area contributed by atoms with Crippen LogP contribution in [0.15, 0.2) is 5.38 Å². The van der Waals surface area contributed by atoms with Gasteiger partial charge < -0.3 is 5.32 Å². The molecule has 0 aromatic carbocycles. The van der Waals surface area contributed by atoms with E-state index in [9.17, 15) is 0 Å². The second kappa shape index (κ2) is 3.33. The average Bonchev–Trinajstić information content (AvgIpc) is 2.46. The van der Waals surface area contributed by atoms with Gasteiger partial charge in [-0.2, -0.15) is 0 Å². The minimum absolute atomic E-state index is 0.160. The third kappa shape index (κ3) is 1.85. The molecule has 0 unspecified atom stereocenters. The monoisotopic (exact) mass is 223 g/mol. The molecule has 1 aromatic rings. The molecule has 0 saturated heterocycles. The largest absolute Gasteiger partial charge is 0.307 e. The van der Waals surface area contributed by atoms with Crippen LogP contribution in [0.5, 0.6) is 0 Å². The third-order valence-corrected chi connectivity index (χ3v) is 4.64. The molecule has 2 rings (SSSR count). The van der Waals surface area contributed by atoms with Crippen LogP contribution in [-0.2, 0) is 17.4 Å². The van der Waals surface area contributed by atoms with Crippen molar-refractivity contribution in [2.24, 2.45) is 0 Å². The molecular formula is C13H21NS. The Morgan fingerprint density at radius 1 is 1.33 bits per heavy atom. The highest BCUT2D eigenvalue weighted by Crippen LogP contribution is 2.39. The molecule has 0 atom stereocenters. The number of thiophene rings is 1. The Morgan fingerprint density at radius 3 is 2.60 bits per heavy atom. The van der Waals surface area contributed by atoms with Gasteiger partial charge in [-0.15, -0.1) is 11.3 Å². The van der Waals surface area contributed by atoms with Gasteiger partial charge in [-0.3, -0.25) is 0 Å². The maximum atomic E-state index is 3.59. The fourth-order valence-electron chi connectivity index (χ4n) is 2.38. The van der Waals surface area contributed by atoms with Gasteiger partial charge in [0.15, 0.2) is 0 Å². The summed E-state index contributed by atoms with van der Waals surface area (Å²) >= 11 is 1.93. The first-order chi connectivity index (χ1) is 6.82. The molecule has 0 bridgehead atoms. The summed E-state index contributed by atoms with van der Waals surface area (Å²) in [5.41, 5.74) is 3.58. The van der Waals surface area contributed by atoms with Gasteiger partial charge in [-0.25, -0.2) is 0 Å². The molecule has 2 heteroatoms. The fraction of sp³-hybridized carbons (Fsp3) is 0.692. The van der Waals surface area contributed by atoms with Crippen LogP contribution in [0.1, 0.15) is 50.6 Å². The van der Waals surface area contributed by atoms with E-state index in [1.54, 1.807) is 10.4 Å². The van der Waals surface area contributed by atoms with Crippen LogP contribution in [0, 0.1) is 0 Å². The lowest BCUT2D eigenvalue weighted by Gasteiger charge is -2.33. The smallest absolute Gasteiger partial charge is 0.0388 e. The Hall–Kier alpha value is -0.340. The number of hydrogen-bond donors (Lipinski definition) is 1. The molecule has 84 valence electrons. The minimum atomic E-state index is 0.160. The summed E-state index contributed by atoms with van der Waals surface area (Å²) in [4.78, 5) is 1.58. The molecule has 0 radical (unpaired) electrons. The topological polar surface area (TPSA) is 12.0 Å². The molecule has 1 nitrogen and oxygen atoms in total. The predicted octanol–water partition coefficient (Wildman–Crippen LogP) is 3.43. The van der Waals surface area contributed by atoms with Gasteiger partial charge in [0, 0.05) is 17.0 Å². The standard InChI is InChI=1S/C13H21NS/c1-12(2,3)11-9-6-7-14-13(4,5)10(9)8-15-11/h8,14H,6-7H2,1-5H3. The van der Waals surface area contributed by atoms with Crippen molar-refractivity contribution in [3.05, 3.63) is 21.4 Å². The van der Waals surface area contributed by atoms with Crippen LogP contribution in [0.3, 0.4) is 0 Å². The van der Waals surface area contributed by atoms with E-state index < -0.39 is 0 Å². The first kappa shape index (κ1) is 11.2. The summed E-state index contributed by atoms with van der Waals surface area (Å²) in [5, 5.41) is 5.94. The zero-order valence-corrected chi connectivity index (χ0v) is 11.2. The summed E-state index contributed by atoms with van der Waals surface area (Å²) in [6, 6.07) is 0.